The molecule has 27 heavy (non-hydrogen) atoms. The Labute approximate surface area is 160 Å². The van der Waals surface area contributed by atoms with E-state index >= 15 is 0 Å². The summed E-state index contributed by atoms with van der Waals surface area (Å²) in [5, 5.41) is 0. The average Bonchev–Trinajstić information content (AvgIpc) is 3.38. The van der Waals surface area contributed by atoms with Gasteiger partial charge in [-0.15, -0.1) is 0 Å². The summed E-state index contributed by atoms with van der Waals surface area (Å²) in [5.41, 5.74) is 5.73. The van der Waals surface area contributed by atoms with Crippen molar-refractivity contribution in [1.29, 1.82) is 0 Å². The monoisotopic (exact) mass is 366 g/mol. The Kier molecular flexibility index (Phi) is 4.67. The van der Waals surface area contributed by atoms with Gasteiger partial charge < -0.3 is 4.74 Å². The molecule has 1 heterocycles. The molecule has 0 amide bonds. The van der Waals surface area contributed by atoms with Crippen LogP contribution in [0.2, 0.25) is 0 Å². The van der Waals surface area contributed by atoms with Gasteiger partial charge >= 0.3 is 0 Å². The van der Waals surface area contributed by atoms with Crippen molar-refractivity contribution in [2.75, 3.05) is 6.61 Å². The second-order valence-corrected chi connectivity index (χ2v) is 8.12. The highest BCUT2D eigenvalue weighted by atomic mass is 19.1. The molecule has 1 spiro atoms. The molecule has 0 N–H and O–H groups in total. The van der Waals surface area contributed by atoms with Crippen LogP contribution in [-0.2, 0) is 28.8 Å². The summed E-state index contributed by atoms with van der Waals surface area (Å²) in [6.45, 7) is 7.12. The summed E-state index contributed by atoms with van der Waals surface area (Å²) < 4.78 is 19.1. The lowest BCUT2D eigenvalue weighted by Gasteiger charge is -2.22. The van der Waals surface area contributed by atoms with Gasteiger partial charge in [0.25, 0.3) is 0 Å². The van der Waals surface area contributed by atoms with Crippen LogP contribution in [0.3, 0.4) is 0 Å². The van der Waals surface area contributed by atoms with E-state index in [1.165, 1.54) is 34.4 Å². The van der Waals surface area contributed by atoms with E-state index in [2.05, 4.69) is 32.9 Å². The maximum atomic E-state index is 13.5. The molecule has 2 fully saturated rings. The first-order chi connectivity index (χ1) is 13.0. The van der Waals surface area contributed by atoms with Gasteiger partial charge in [-0.1, -0.05) is 43.7 Å². The van der Waals surface area contributed by atoms with Crippen LogP contribution < -0.4 is 0 Å². The first-order valence-corrected chi connectivity index (χ1v) is 10.0. The first kappa shape index (κ1) is 18.4. The van der Waals surface area contributed by atoms with Crippen LogP contribution in [0.4, 0.5) is 4.39 Å². The van der Waals surface area contributed by atoms with E-state index in [1.807, 2.05) is 0 Å². The van der Waals surface area contributed by atoms with E-state index in [0.717, 1.165) is 24.8 Å². The Hall–Kier alpha value is -2.00. The second kappa shape index (κ2) is 6.87. The molecule has 2 nitrogen and oxygen atoms in total. The summed E-state index contributed by atoms with van der Waals surface area (Å²) >= 11 is 0. The molecule has 3 heteroatoms. The number of benzene rings is 2. The number of carbonyl (C=O) groups is 1. The van der Waals surface area contributed by atoms with Gasteiger partial charge in [0.2, 0.25) is 0 Å². The number of halogens is 1. The van der Waals surface area contributed by atoms with E-state index in [-0.39, 0.29) is 23.3 Å². The third kappa shape index (κ3) is 3.23. The topological polar surface area (TPSA) is 29.6 Å². The summed E-state index contributed by atoms with van der Waals surface area (Å²) in [6, 6.07) is 11.0. The van der Waals surface area contributed by atoms with E-state index in [0.29, 0.717) is 18.8 Å². The molecule has 3 atom stereocenters. The van der Waals surface area contributed by atoms with Gasteiger partial charge in [-0.05, 0) is 67.0 Å². The number of rotatable bonds is 5. The Bertz CT molecular complexity index is 839. The van der Waals surface area contributed by atoms with Crippen molar-refractivity contribution in [3.8, 4) is 0 Å². The van der Waals surface area contributed by atoms with Gasteiger partial charge in [0, 0.05) is 5.92 Å². The fourth-order valence-corrected chi connectivity index (χ4v) is 4.90. The lowest BCUT2D eigenvalue weighted by molar-refractivity contribution is -0.122. The number of Topliss-reactive ketones (excluding diaryl/α,β-unsaturated/α-hetero) is 1. The van der Waals surface area contributed by atoms with Crippen molar-refractivity contribution in [2.24, 2.45) is 5.92 Å². The highest BCUT2D eigenvalue weighted by Crippen LogP contribution is 2.55. The summed E-state index contributed by atoms with van der Waals surface area (Å²) in [4.78, 5) is 13.5. The number of epoxide rings is 1. The average molecular weight is 366 g/mol. The van der Waals surface area contributed by atoms with Crippen LogP contribution in [-0.4, -0.2) is 18.0 Å². The van der Waals surface area contributed by atoms with Crippen LogP contribution in [0.5, 0.6) is 0 Å². The molecule has 0 bridgehead atoms. The number of aryl methyl sites for hydroxylation is 3. The van der Waals surface area contributed by atoms with Gasteiger partial charge in [-0.25, -0.2) is 4.39 Å². The lowest BCUT2D eigenvalue weighted by atomic mass is 9.80. The number of ether oxygens (including phenoxy) is 1. The predicted octanol–water partition coefficient (Wildman–Crippen LogP) is 4.94. The maximum absolute atomic E-state index is 13.5. The molecule has 3 unspecified atom stereocenters. The van der Waals surface area contributed by atoms with Gasteiger partial charge in [0.05, 0.1) is 12.5 Å². The molecule has 2 aliphatic rings. The molecule has 142 valence electrons. The summed E-state index contributed by atoms with van der Waals surface area (Å²) in [7, 11) is 0. The van der Waals surface area contributed by atoms with Crippen LogP contribution in [0.15, 0.2) is 36.4 Å². The highest BCUT2D eigenvalue weighted by molar-refractivity contribution is 5.93. The molecule has 4 rings (SSSR count). The van der Waals surface area contributed by atoms with Crippen molar-refractivity contribution in [3.63, 3.8) is 0 Å². The minimum atomic E-state index is -0.315. The number of hydrogen-bond acceptors (Lipinski definition) is 2. The fraction of sp³-hybridized carbons (Fsp3) is 0.458. The normalized spacial score (nSPS) is 26.7. The van der Waals surface area contributed by atoms with E-state index in [4.69, 9.17) is 4.74 Å². The second-order valence-electron chi connectivity index (χ2n) is 8.12. The van der Waals surface area contributed by atoms with Crippen LogP contribution in [0.25, 0.3) is 0 Å². The molecule has 0 radical (unpaired) electrons. The van der Waals surface area contributed by atoms with Crippen LogP contribution >= 0.6 is 0 Å². The quantitative estimate of drug-likeness (QED) is 0.701. The van der Waals surface area contributed by atoms with Crippen LogP contribution in [0.1, 0.15) is 54.0 Å². The maximum Gasteiger partial charge on any atom is 0.146 e. The molecule has 1 saturated carbocycles. The SMILES string of the molecule is CCc1cc(C)cc(CC)c1C1C(=O)C(Cc2ccc(F)cc2)CC12CO2. The summed E-state index contributed by atoms with van der Waals surface area (Å²) in [5.74, 6) is -0.159. The molecule has 1 aliphatic heterocycles. The molecule has 2 aromatic carbocycles. The standard InChI is InChI=1S/C24H27FO2/c1-4-17-10-15(3)11-18(5-2)21(17)22-23(26)19(13-24(22)14-27-24)12-16-6-8-20(25)9-7-16/h6-11,19,22H,4-5,12-14H2,1-3H3. The number of ketones is 1. The van der Waals surface area contributed by atoms with E-state index < -0.39 is 0 Å². The number of carbonyl (C=O) groups excluding carboxylic acids is 1. The minimum absolute atomic E-state index is 0.0568. The zero-order valence-corrected chi connectivity index (χ0v) is 16.3. The molecule has 2 aromatic rings. The predicted molar refractivity (Wildman–Crippen MR) is 105 cm³/mol. The third-order valence-corrected chi connectivity index (χ3v) is 6.26. The smallest absolute Gasteiger partial charge is 0.146 e. The van der Waals surface area contributed by atoms with Crippen molar-refractivity contribution >= 4 is 5.78 Å². The van der Waals surface area contributed by atoms with Gasteiger partial charge in [0.15, 0.2) is 0 Å². The molecule has 1 aliphatic carbocycles. The van der Waals surface area contributed by atoms with Gasteiger partial charge in [0.1, 0.15) is 17.2 Å². The first-order valence-electron chi connectivity index (χ1n) is 10.0. The molecule has 1 saturated heterocycles. The highest BCUT2D eigenvalue weighted by Gasteiger charge is 2.62. The van der Waals surface area contributed by atoms with Gasteiger partial charge in [-0.2, -0.15) is 0 Å². The summed E-state index contributed by atoms with van der Waals surface area (Å²) in [6.07, 6.45) is 3.28. The Morgan fingerprint density at radius 1 is 1.11 bits per heavy atom. The van der Waals surface area contributed by atoms with Gasteiger partial charge in [-0.3, -0.25) is 4.79 Å². The largest absolute Gasteiger partial charge is 0.368 e. The zero-order valence-electron chi connectivity index (χ0n) is 16.3. The minimum Gasteiger partial charge on any atom is -0.368 e. The van der Waals surface area contributed by atoms with Crippen molar-refractivity contribution in [1.82, 2.24) is 0 Å². The Morgan fingerprint density at radius 3 is 2.22 bits per heavy atom. The zero-order chi connectivity index (χ0) is 19.2. The third-order valence-electron chi connectivity index (χ3n) is 6.26. The number of hydrogen-bond donors (Lipinski definition) is 0. The van der Waals surface area contributed by atoms with Crippen molar-refractivity contribution < 1.29 is 13.9 Å². The Morgan fingerprint density at radius 2 is 1.70 bits per heavy atom. The van der Waals surface area contributed by atoms with E-state index in [1.54, 1.807) is 12.1 Å². The van der Waals surface area contributed by atoms with Crippen LogP contribution in [0, 0.1) is 18.7 Å². The molecular weight excluding hydrogens is 339 g/mol. The van der Waals surface area contributed by atoms with E-state index in [9.17, 15) is 9.18 Å². The lowest BCUT2D eigenvalue weighted by Crippen LogP contribution is -2.24. The molecular formula is C24H27FO2. The van der Waals surface area contributed by atoms with Crippen molar-refractivity contribution in [2.45, 2.75) is 58.0 Å². The Balaban J connectivity index is 1.70. The van der Waals surface area contributed by atoms with Crippen molar-refractivity contribution in [3.05, 3.63) is 70.0 Å². The fourth-order valence-electron chi connectivity index (χ4n) is 4.90. The molecule has 0 aromatic heterocycles.